The molecule has 6 bridgehead atoms. The Hall–Kier alpha value is -4.68. The van der Waals surface area contributed by atoms with Crippen molar-refractivity contribution in [2.75, 3.05) is 43.9 Å². The van der Waals surface area contributed by atoms with Gasteiger partial charge in [-0.05, 0) is 68.3 Å². The first-order chi connectivity index (χ1) is 19.9. The minimum atomic E-state index is -0.184. The maximum Gasteiger partial charge on any atom is 0.298 e. The second kappa shape index (κ2) is 13.1. The van der Waals surface area contributed by atoms with Gasteiger partial charge in [0.1, 0.15) is 5.75 Å². The van der Waals surface area contributed by atoms with E-state index in [1.807, 2.05) is 48.5 Å². The number of hydrogen-bond acceptors (Lipinski definition) is 7. The summed E-state index contributed by atoms with van der Waals surface area (Å²) >= 11 is 0. The van der Waals surface area contributed by atoms with E-state index in [4.69, 9.17) is 9.72 Å². The number of amides is 2. The van der Waals surface area contributed by atoms with Crippen LogP contribution in [0.5, 0.6) is 5.75 Å². The molecule has 1 fully saturated rings. The lowest BCUT2D eigenvalue weighted by Gasteiger charge is -2.37. The van der Waals surface area contributed by atoms with E-state index in [0.717, 1.165) is 41.2 Å². The molecule has 2 aliphatic heterocycles. The molecule has 5 rings (SSSR count). The number of rotatable bonds is 3. The van der Waals surface area contributed by atoms with Crippen LogP contribution in [0.4, 0.5) is 17.3 Å². The number of nitrogens with zero attached hydrogens (tertiary/aromatic N) is 4. The van der Waals surface area contributed by atoms with Crippen LogP contribution in [0.2, 0.25) is 0 Å². The maximum absolute atomic E-state index is 12.9. The van der Waals surface area contributed by atoms with Crippen molar-refractivity contribution >= 4 is 29.1 Å². The van der Waals surface area contributed by atoms with E-state index in [9.17, 15) is 9.59 Å². The zero-order chi connectivity index (χ0) is 28.6. The number of anilines is 3. The van der Waals surface area contributed by atoms with Crippen LogP contribution >= 0.6 is 0 Å². The summed E-state index contributed by atoms with van der Waals surface area (Å²) in [6.07, 6.45) is 7.15. The fourth-order valence-corrected chi connectivity index (χ4v) is 4.90. The molecular weight excluding hydrogens is 516 g/mol. The van der Waals surface area contributed by atoms with Crippen LogP contribution in [-0.2, 0) is 16.1 Å². The lowest BCUT2D eigenvalue weighted by atomic mass is 9.96. The highest BCUT2D eigenvalue weighted by molar-refractivity contribution is 5.95. The highest BCUT2D eigenvalue weighted by atomic mass is 16.5. The van der Waals surface area contributed by atoms with Crippen LogP contribution in [-0.4, -0.2) is 64.9 Å². The number of benzene rings is 2. The third-order valence-electron chi connectivity index (χ3n) is 6.86. The predicted octanol–water partition coefficient (Wildman–Crippen LogP) is 4.47. The topological polar surface area (TPSA) is 99.7 Å². The molecule has 3 heterocycles. The number of nitrogens with one attached hydrogen (secondary N) is 2. The summed E-state index contributed by atoms with van der Waals surface area (Å²) in [7, 11) is 2.06. The van der Waals surface area contributed by atoms with Gasteiger partial charge < -0.3 is 20.3 Å². The summed E-state index contributed by atoms with van der Waals surface area (Å²) in [5.41, 5.74) is 4.21. The van der Waals surface area contributed by atoms with E-state index in [1.54, 1.807) is 18.0 Å². The van der Waals surface area contributed by atoms with Crippen LogP contribution in [0.25, 0.3) is 11.3 Å². The fourth-order valence-electron chi connectivity index (χ4n) is 4.90. The molecule has 41 heavy (non-hydrogen) atoms. The zero-order valence-corrected chi connectivity index (χ0v) is 23.4. The number of carbonyl (C=O) groups excluding carboxylic acids is 2. The quantitative estimate of drug-likeness (QED) is 0.367. The Kier molecular flexibility index (Phi) is 8.92. The van der Waals surface area contributed by atoms with Gasteiger partial charge >= 0.3 is 0 Å². The van der Waals surface area contributed by atoms with Gasteiger partial charge in [-0.15, -0.1) is 0 Å². The highest BCUT2D eigenvalue weighted by Gasteiger charge is 2.31. The number of carbonyl (C=O) groups is 2. The molecular formula is C32H34N6O3. The lowest BCUT2D eigenvalue weighted by molar-refractivity contribution is -0.133. The lowest BCUT2D eigenvalue weighted by Crippen LogP contribution is -2.50. The molecule has 3 aromatic rings. The van der Waals surface area contributed by atoms with Crippen molar-refractivity contribution in [2.24, 2.45) is 5.92 Å². The van der Waals surface area contributed by atoms with Crippen molar-refractivity contribution in [3.05, 3.63) is 72.4 Å². The Morgan fingerprint density at radius 3 is 2.88 bits per heavy atom. The van der Waals surface area contributed by atoms with E-state index < -0.39 is 0 Å². The van der Waals surface area contributed by atoms with E-state index in [2.05, 4.69) is 51.6 Å². The molecule has 0 atom stereocenters. The number of hydrogen-bond donors (Lipinski definition) is 2. The molecule has 0 aliphatic carbocycles. The summed E-state index contributed by atoms with van der Waals surface area (Å²) < 4.78 is 5.95. The van der Waals surface area contributed by atoms with Crippen LogP contribution in [0.15, 0.2) is 66.9 Å². The second-order valence-corrected chi connectivity index (χ2v) is 10.3. The molecule has 210 valence electrons. The first-order valence-electron chi connectivity index (χ1n) is 13.8. The van der Waals surface area contributed by atoms with Crippen molar-refractivity contribution in [2.45, 2.75) is 26.3 Å². The van der Waals surface area contributed by atoms with Gasteiger partial charge in [0, 0.05) is 61.7 Å². The van der Waals surface area contributed by atoms with Crippen molar-refractivity contribution in [1.82, 2.24) is 19.8 Å². The normalized spacial score (nSPS) is 16.4. The Morgan fingerprint density at radius 2 is 2.02 bits per heavy atom. The molecule has 9 heteroatoms. The van der Waals surface area contributed by atoms with Gasteiger partial charge in [-0.3, -0.25) is 14.5 Å². The summed E-state index contributed by atoms with van der Waals surface area (Å²) in [6.45, 7) is 4.80. The van der Waals surface area contributed by atoms with E-state index in [0.29, 0.717) is 44.3 Å². The van der Waals surface area contributed by atoms with Gasteiger partial charge in [-0.2, -0.15) is 0 Å². The second-order valence-electron chi connectivity index (χ2n) is 10.3. The first kappa shape index (κ1) is 27.9. The van der Waals surface area contributed by atoms with Gasteiger partial charge in [0.2, 0.25) is 11.9 Å². The number of fused-ring (bicyclic) bond motifs is 7. The molecule has 0 radical (unpaired) electrons. The van der Waals surface area contributed by atoms with Crippen LogP contribution in [0, 0.1) is 17.8 Å². The smallest absolute Gasteiger partial charge is 0.298 e. The van der Waals surface area contributed by atoms with Crippen LogP contribution < -0.4 is 15.4 Å². The summed E-state index contributed by atoms with van der Waals surface area (Å²) in [4.78, 5) is 37.8. The molecule has 2 aliphatic rings. The van der Waals surface area contributed by atoms with Gasteiger partial charge in [0.25, 0.3) is 5.91 Å². The maximum atomic E-state index is 12.9. The van der Waals surface area contributed by atoms with E-state index >= 15 is 0 Å². The molecule has 2 N–H and O–H groups in total. The third-order valence-corrected chi connectivity index (χ3v) is 6.86. The fraction of sp³-hybridized carbons (Fsp3) is 0.312. The summed E-state index contributed by atoms with van der Waals surface area (Å²) in [5, 5.41) is 6.38. The number of likely N-dealkylation sites (tertiary alicyclic amines) is 1. The van der Waals surface area contributed by atoms with Crippen LogP contribution in [0.3, 0.4) is 0 Å². The van der Waals surface area contributed by atoms with Gasteiger partial charge in [0.05, 0.1) is 12.3 Å². The average molecular weight is 551 g/mol. The minimum Gasteiger partial charge on any atom is -0.493 e. The Labute approximate surface area is 240 Å². The molecule has 1 aromatic heterocycles. The van der Waals surface area contributed by atoms with Gasteiger partial charge in [0.15, 0.2) is 0 Å². The Morgan fingerprint density at radius 1 is 1.15 bits per heavy atom. The van der Waals surface area contributed by atoms with Gasteiger partial charge in [-0.25, -0.2) is 9.97 Å². The van der Waals surface area contributed by atoms with E-state index in [-0.39, 0.29) is 17.7 Å². The number of likely N-dealkylation sites (N-methyl/N-ethyl adjacent to an activating group) is 1. The number of ether oxygens (including phenoxy) is 1. The van der Waals surface area contributed by atoms with Gasteiger partial charge in [-0.1, -0.05) is 30.2 Å². The van der Waals surface area contributed by atoms with Crippen molar-refractivity contribution in [3.63, 3.8) is 0 Å². The third kappa shape index (κ3) is 7.71. The van der Waals surface area contributed by atoms with Crippen LogP contribution in [0.1, 0.15) is 25.3 Å². The van der Waals surface area contributed by atoms with E-state index in [1.165, 1.54) is 0 Å². The predicted molar refractivity (Wildman–Crippen MR) is 160 cm³/mol. The zero-order valence-electron chi connectivity index (χ0n) is 23.4. The number of aromatic nitrogens is 2. The van der Waals surface area contributed by atoms with Crippen molar-refractivity contribution in [1.29, 1.82) is 0 Å². The SMILES string of the molecule is CC#CC(=O)N1CC(CC(=O)Nc2cc3cc(c2)Nc2nccc(n2)-c2cccc(c2)OCC/C=C/CN(C)C3)C1. The molecule has 9 nitrogen and oxygen atoms in total. The largest absolute Gasteiger partial charge is 0.493 e. The molecule has 1 saturated heterocycles. The molecule has 0 spiro atoms. The first-order valence-corrected chi connectivity index (χ1v) is 13.8. The monoisotopic (exact) mass is 550 g/mol. The Bertz CT molecular complexity index is 1500. The highest BCUT2D eigenvalue weighted by Crippen LogP contribution is 2.27. The van der Waals surface area contributed by atoms with Crippen molar-refractivity contribution in [3.8, 4) is 28.8 Å². The standard InChI is InChI=1S/C32H34N6O3/c1-3-8-31(40)38-21-24(22-38)17-30(39)34-26-15-23-16-27(19-26)35-32-33-12-11-29(36-32)25-9-7-10-28(18-25)41-14-6-4-5-13-37(2)20-23/h4-5,7,9-12,15-16,18-19,24H,6,13-14,17,20-22H2,1-2H3,(H,34,39)(H,33,35,36)/b5-4+. The molecule has 0 unspecified atom stereocenters. The summed E-state index contributed by atoms with van der Waals surface area (Å²) in [6, 6.07) is 15.7. The molecule has 2 aromatic carbocycles. The summed E-state index contributed by atoms with van der Waals surface area (Å²) in [5.74, 6) is 6.29. The average Bonchev–Trinajstić information content (AvgIpc) is 2.92. The van der Waals surface area contributed by atoms with Crippen molar-refractivity contribution < 1.29 is 14.3 Å². The molecule has 0 saturated carbocycles. The Balaban J connectivity index is 1.35. The molecule has 2 amide bonds. The minimum absolute atomic E-state index is 0.0853.